The molecule has 0 aliphatic rings. The molecule has 0 aliphatic carbocycles. The molecule has 1 N–H and O–H groups in total. The first-order valence-electron chi connectivity index (χ1n) is 4.12. The van der Waals surface area contributed by atoms with Crippen molar-refractivity contribution in [2.45, 2.75) is 6.92 Å². The van der Waals surface area contributed by atoms with Crippen molar-refractivity contribution < 1.29 is 4.39 Å². The molecule has 1 atom stereocenters. The number of hydrogen-bond donors (Lipinski definition) is 1. The summed E-state index contributed by atoms with van der Waals surface area (Å²) in [5, 5.41) is 11.4. The number of rotatable bonds is 3. The van der Waals surface area contributed by atoms with Crippen molar-refractivity contribution in [2.24, 2.45) is 5.92 Å². The minimum absolute atomic E-state index is 0.111. The molecule has 0 heterocycles. The van der Waals surface area contributed by atoms with E-state index in [0.29, 0.717) is 12.2 Å². The zero-order chi connectivity index (χ0) is 9.68. The van der Waals surface area contributed by atoms with Crippen molar-refractivity contribution in [1.29, 1.82) is 5.26 Å². The highest BCUT2D eigenvalue weighted by Gasteiger charge is 2.02. The number of nitrogens with zero attached hydrogens (tertiary/aromatic N) is 1. The van der Waals surface area contributed by atoms with E-state index in [1.54, 1.807) is 25.1 Å². The normalized spacial score (nSPS) is 11.8. The van der Waals surface area contributed by atoms with Crippen molar-refractivity contribution in [3.63, 3.8) is 0 Å². The van der Waals surface area contributed by atoms with E-state index in [1.807, 2.05) is 0 Å². The Morgan fingerprint density at radius 1 is 1.54 bits per heavy atom. The lowest BCUT2D eigenvalue weighted by Crippen LogP contribution is -2.10. The number of nitriles is 1. The van der Waals surface area contributed by atoms with E-state index >= 15 is 0 Å². The number of nitrogens with one attached hydrogen (secondary N) is 1. The highest BCUT2D eigenvalue weighted by molar-refractivity contribution is 5.44. The van der Waals surface area contributed by atoms with Gasteiger partial charge in [0.15, 0.2) is 0 Å². The lowest BCUT2D eigenvalue weighted by molar-refractivity contribution is 0.628. The van der Waals surface area contributed by atoms with Gasteiger partial charge >= 0.3 is 0 Å². The summed E-state index contributed by atoms with van der Waals surface area (Å²) < 4.78 is 13.0. The Bertz CT molecular complexity index is 317. The van der Waals surface area contributed by atoms with Crippen LogP contribution in [0.4, 0.5) is 10.1 Å². The smallest absolute Gasteiger partial charge is 0.146 e. The quantitative estimate of drug-likeness (QED) is 0.771. The summed E-state index contributed by atoms with van der Waals surface area (Å²) in [5.41, 5.74) is 0.449. The van der Waals surface area contributed by atoms with Crippen LogP contribution in [0.3, 0.4) is 0 Å². The molecular formula is C10H11FN2. The molecule has 1 rings (SSSR count). The molecule has 0 radical (unpaired) electrons. The first kappa shape index (κ1) is 9.53. The number of halogens is 1. The lowest BCUT2D eigenvalue weighted by Gasteiger charge is -2.07. The Balaban J connectivity index is 2.56. The fraction of sp³-hybridized carbons (Fsp3) is 0.300. The molecular weight excluding hydrogens is 167 g/mol. The zero-order valence-corrected chi connectivity index (χ0v) is 7.42. The van der Waals surface area contributed by atoms with Crippen LogP contribution in [0.5, 0.6) is 0 Å². The monoisotopic (exact) mass is 178 g/mol. The largest absolute Gasteiger partial charge is 0.381 e. The van der Waals surface area contributed by atoms with Crippen LogP contribution in [0.25, 0.3) is 0 Å². The lowest BCUT2D eigenvalue weighted by atomic mass is 10.2. The highest BCUT2D eigenvalue weighted by Crippen LogP contribution is 2.12. The van der Waals surface area contributed by atoms with Gasteiger partial charge in [0.2, 0.25) is 0 Å². The van der Waals surface area contributed by atoms with Crippen molar-refractivity contribution >= 4 is 5.69 Å². The minimum atomic E-state index is -0.285. The average molecular weight is 178 g/mol. The number of benzene rings is 1. The topological polar surface area (TPSA) is 35.8 Å². The van der Waals surface area contributed by atoms with Crippen LogP contribution in [-0.4, -0.2) is 6.54 Å². The van der Waals surface area contributed by atoms with Gasteiger partial charge in [-0.3, -0.25) is 0 Å². The molecule has 0 spiro atoms. The Labute approximate surface area is 77.0 Å². The average Bonchev–Trinajstić information content (AvgIpc) is 2.16. The molecule has 0 bridgehead atoms. The predicted octanol–water partition coefficient (Wildman–Crippen LogP) is 2.40. The van der Waals surface area contributed by atoms with Crippen molar-refractivity contribution in [3.8, 4) is 6.07 Å². The molecule has 1 aromatic carbocycles. The molecule has 0 saturated carbocycles. The fourth-order valence-electron chi connectivity index (χ4n) is 0.913. The molecule has 0 saturated heterocycles. The maximum absolute atomic E-state index is 13.0. The standard InChI is InChI=1S/C10H11FN2/c1-8(6-12)7-13-10-5-3-2-4-9(10)11/h2-5,8,13H,7H2,1H3. The van der Waals surface area contributed by atoms with Gasteiger partial charge in [-0.05, 0) is 19.1 Å². The van der Waals surface area contributed by atoms with E-state index in [4.69, 9.17) is 5.26 Å². The molecule has 3 heteroatoms. The molecule has 13 heavy (non-hydrogen) atoms. The van der Waals surface area contributed by atoms with E-state index in [1.165, 1.54) is 6.07 Å². The van der Waals surface area contributed by atoms with Gasteiger partial charge in [-0.2, -0.15) is 5.26 Å². The van der Waals surface area contributed by atoms with Crippen LogP contribution in [0.2, 0.25) is 0 Å². The summed E-state index contributed by atoms with van der Waals surface area (Å²) in [6, 6.07) is 8.50. The third-order valence-corrected chi connectivity index (χ3v) is 1.69. The third-order valence-electron chi connectivity index (χ3n) is 1.69. The molecule has 0 aliphatic heterocycles. The first-order valence-corrected chi connectivity index (χ1v) is 4.12. The third kappa shape index (κ3) is 2.75. The van der Waals surface area contributed by atoms with Crippen molar-refractivity contribution in [1.82, 2.24) is 0 Å². The van der Waals surface area contributed by atoms with Crippen molar-refractivity contribution in [3.05, 3.63) is 30.1 Å². The van der Waals surface area contributed by atoms with Crippen LogP contribution >= 0.6 is 0 Å². The predicted molar refractivity (Wildman–Crippen MR) is 49.7 cm³/mol. The molecule has 1 unspecified atom stereocenters. The summed E-state index contributed by atoms with van der Waals surface area (Å²) in [6.07, 6.45) is 0. The van der Waals surface area contributed by atoms with E-state index < -0.39 is 0 Å². The van der Waals surface area contributed by atoms with Gasteiger partial charge in [-0.15, -0.1) is 0 Å². The van der Waals surface area contributed by atoms with Crippen LogP contribution in [0, 0.1) is 23.1 Å². The maximum atomic E-state index is 13.0. The Hall–Kier alpha value is -1.56. The van der Waals surface area contributed by atoms with Gasteiger partial charge in [0.05, 0.1) is 17.7 Å². The number of anilines is 1. The highest BCUT2D eigenvalue weighted by atomic mass is 19.1. The van der Waals surface area contributed by atoms with Gasteiger partial charge in [0.1, 0.15) is 5.82 Å². The van der Waals surface area contributed by atoms with Crippen LogP contribution < -0.4 is 5.32 Å². The van der Waals surface area contributed by atoms with Gasteiger partial charge in [-0.1, -0.05) is 12.1 Å². The van der Waals surface area contributed by atoms with Gasteiger partial charge in [0.25, 0.3) is 0 Å². The number of para-hydroxylation sites is 1. The summed E-state index contributed by atoms with van der Waals surface area (Å²) >= 11 is 0. The van der Waals surface area contributed by atoms with Crippen LogP contribution in [0.1, 0.15) is 6.92 Å². The van der Waals surface area contributed by atoms with E-state index in [0.717, 1.165) is 0 Å². The first-order chi connectivity index (χ1) is 6.24. The zero-order valence-electron chi connectivity index (χ0n) is 7.42. The van der Waals surface area contributed by atoms with Crippen molar-refractivity contribution in [2.75, 3.05) is 11.9 Å². The summed E-state index contributed by atoms with van der Waals surface area (Å²) in [6.45, 7) is 2.26. The second kappa shape index (κ2) is 4.46. The van der Waals surface area contributed by atoms with Gasteiger partial charge in [0, 0.05) is 6.54 Å². The van der Waals surface area contributed by atoms with E-state index in [2.05, 4.69) is 11.4 Å². The van der Waals surface area contributed by atoms with Gasteiger partial charge in [-0.25, -0.2) is 4.39 Å². The van der Waals surface area contributed by atoms with E-state index in [-0.39, 0.29) is 11.7 Å². The second-order valence-corrected chi connectivity index (χ2v) is 2.89. The summed E-state index contributed by atoms with van der Waals surface area (Å²) in [5.74, 6) is -0.396. The summed E-state index contributed by atoms with van der Waals surface area (Å²) in [7, 11) is 0. The second-order valence-electron chi connectivity index (χ2n) is 2.89. The molecule has 0 aromatic heterocycles. The van der Waals surface area contributed by atoms with E-state index in [9.17, 15) is 4.39 Å². The Morgan fingerprint density at radius 2 is 2.23 bits per heavy atom. The SMILES string of the molecule is CC(C#N)CNc1ccccc1F. The molecule has 1 aromatic rings. The molecule has 0 amide bonds. The van der Waals surface area contributed by atoms with Gasteiger partial charge < -0.3 is 5.32 Å². The molecule has 68 valence electrons. The molecule has 2 nitrogen and oxygen atoms in total. The van der Waals surface area contributed by atoms with Crippen LogP contribution in [-0.2, 0) is 0 Å². The molecule has 0 fully saturated rings. The summed E-state index contributed by atoms with van der Waals surface area (Å²) in [4.78, 5) is 0. The fourth-order valence-corrected chi connectivity index (χ4v) is 0.913. The maximum Gasteiger partial charge on any atom is 0.146 e. The van der Waals surface area contributed by atoms with Crippen LogP contribution in [0.15, 0.2) is 24.3 Å². The Morgan fingerprint density at radius 3 is 2.85 bits per heavy atom. The number of hydrogen-bond acceptors (Lipinski definition) is 2. The minimum Gasteiger partial charge on any atom is -0.381 e. The Kier molecular flexibility index (Phi) is 3.27.